The molecule has 1 saturated heterocycles. The van der Waals surface area contributed by atoms with Gasteiger partial charge in [-0.1, -0.05) is 12.8 Å². The Morgan fingerprint density at radius 3 is 2.59 bits per heavy atom. The molecule has 0 aromatic heterocycles. The summed E-state index contributed by atoms with van der Waals surface area (Å²) in [5.41, 5.74) is -0.410. The van der Waals surface area contributed by atoms with E-state index in [2.05, 4.69) is 17.3 Å². The summed E-state index contributed by atoms with van der Waals surface area (Å²) in [6.07, 6.45) is 6.32. The number of carbonyl (C=O) groups is 1. The van der Waals surface area contributed by atoms with Crippen LogP contribution in [0, 0.1) is 0 Å². The van der Waals surface area contributed by atoms with Crippen molar-refractivity contribution >= 4 is 6.09 Å². The van der Waals surface area contributed by atoms with Crippen LogP contribution < -0.4 is 5.32 Å². The van der Waals surface area contributed by atoms with Crippen LogP contribution in [0.5, 0.6) is 0 Å². The third-order valence-electron chi connectivity index (χ3n) is 4.69. The number of nitrogens with one attached hydrogen (secondary N) is 1. The maximum absolute atomic E-state index is 12.0. The van der Waals surface area contributed by atoms with Gasteiger partial charge in [-0.05, 0) is 47.1 Å². The van der Waals surface area contributed by atoms with E-state index in [9.17, 15) is 4.79 Å². The van der Waals surface area contributed by atoms with Crippen molar-refractivity contribution in [2.75, 3.05) is 33.2 Å². The largest absolute Gasteiger partial charge is 0.444 e. The van der Waals surface area contributed by atoms with Gasteiger partial charge in [0.1, 0.15) is 5.60 Å². The van der Waals surface area contributed by atoms with Crippen molar-refractivity contribution in [2.24, 2.45) is 0 Å². The van der Waals surface area contributed by atoms with Crippen LogP contribution in [0.1, 0.15) is 52.9 Å². The minimum atomic E-state index is -0.410. The molecule has 2 aliphatic rings. The normalized spacial score (nSPS) is 23.5. The average molecular weight is 311 g/mol. The van der Waals surface area contributed by atoms with Crippen molar-refractivity contribution in [1.29, 1.82) is 0 Å². The van der Waals surface area contributed by atoms with E-state index >= 15 is 0 Å². The van der Waals surface area contributed by atoms with Gasteiger partial charge in [0.05, 0.1) is 0 Å². The average Bonchev–Trinajstić information content (AvgIpc) is 3.08. The summed E-state index contributed by atoms with van der Waals surface area (Å²) >= 11 is 0. The molecular weight excluding hydrogens is 278 g/mol. The second-order valence-electron chi connectivity index (χ2n) is 7.78. The zero-order valence-corrected chi connectivity index (χ0v) is 14.7. The first-order valence-corrected chi connectivity index (χ1v) is 8.77. The van der Waals surface area contributed by atoms with E-state index in [0.29, 0.717) is 6.04 Å². The summed E-state index contributed by atoms with van der Waals surface area (Å²) < 4.78 is 5.43. The van der Waals surface area contributed by atoms with E-state index in [1.54, 1.807) is 0 Å². The molecule has 5 nitrogen and oxygen atoms in total. The Hall–Kier alpha value is -0.810. The number of rotatable bonds is 5. The third kappa shape index (κ3) is 5.43. The molecule has 1 aliphatic carbocycles. The number of ether oxygens (including phenoxy) is 1. The summed E-state index contributed by atoms with van der Waals surface area (Å²) in [6, 6.07) is 1.19. The van der Waals surface area contributed by atoms with Crippen LogP contribution in [0.4, 0.5) is 4.79 Å². The molecule has 1 N–H and O–H groups in total. The number of hydrogen-bond acceptors (Lipinski definition) is 4. The topological polar surface area (TPSA) is 44.8 Å². The molecular formula is C17H33N3O2. The van der Waals surface area contributed by atoms with Crippen molar-refractivity contribution in [3.05, 3.63) is 0 Å². The van der Waals surface area contributed by atoms with E-state index in [4.69, 9.17) is 4.74 Å². The molecule has 1 atom stereocenters. The number of carbonyl (C=O) groups excluding carboxylic acids is 1. The number of likely N-dealkylation sites (N-methyl/N-ethyl adjacent to an activating group) is 1. The van der Waals surface area contributed by atoms with Gasteiger partial charge in [0.2, 0.25) is 0 Å². The summed E-state index contributed by atoms with van der Waals surface area (Å²) in [5.74, 6) is 0. The lowest BCUT2D eigenvalue weighted by Gasteiger charge is -2.25. The molecule has 2 fully saturated rings. The quantitative estimate of drug-likeness (QED) is 0.847. The predicted octanol–water partition coefficient (Wildman–Crippen LogP) is 2.46. The van der Waals surface area contributed by atoms with E-state index in [1.807, 2.05) is 25.7 Å². The molecule has 1 saturated carbocycles. The van der Waals surface area contributed by atoms with Crippen molar-refractivity contribution in [3.8, 4) is 0 Å². The summed E-state index contributed by atoms with van der Waals surface area (Å²) in [5, 5.41) is 3.59. The third-order valence-corrected chi connectivity index (χ3v) is 4.69. The number of amides is 1. The van der Waals surface area contributed by atoms with E-state index in [1.165, 1.54) is 25.7 Å². The molecule has 2 rings (SSSR count). The maximum atomic E-state index is 12.0. The van der Waals surface area contributed by atoms with Gasteiger partial charge in [-0.2, -0.15) is 0 Å². The second-order valence-corrected chi connectivity index (χ2v) is 7.78. The van der Waals surface area contributed by atoms with E-state index < -0.39 is 5.60 Å². The number of likely N-dealkylation sites (tertiary alicyclic amines) is 1. The van der Waals surface area contributed by atoms with Gasteiger partial charge >= 0.3 is 6.09 Å². The van der Waals surface area contributed by atoms with Gasteiger partial charge in [0.25, 0.3) is 0 Å². The van der Waals surface area contributed by atoms with Crippen LogP contribution in [-0.4, -0.2) is 66.8 Å². The van der Waals surface area contributed by atoms with Gasteiger partial charge in [-0.25, -0.2) is 4.79 Å². The van der Waals surface area contributed by atoms with Gasteiger partial charge in [0.15, 0.2) is 0 Å². The highest BCUT2D eigenvalue weighted by molar-refractivity contribution is 5.68. The predicted molar refractivity (Wildman–Crippen MR) is 89.1 cm³/mol. The lowest BCUT2D eigenvalue weighted by atomic mass is 10.2. The lowest BCUT2D eigenvalue weighted by molar-refractivity contribution is 0.0291. The number of nitrogens with zero attached hydrogens (tertiary/aromatic N) is 2. The molecule has 22 heavy (non-hydrogen) atoms. The molecule has 0 aromatic carbocycles. The first-order chi connectivity index (χ1) is 10.3. The minimum Gasteiger partial charge on any atom is -0.444 e. The van der Waals surface area contributed by atoms with Gasteiger partial charge in [-0.15, -0.1) is 0 Å². The van der Waals surface area contributed by atoms with Crippen molar-refractivity contribution in [3.63, 3.8) is 0 Å². The van der Waals surface area contributed by atoms with Gasteiger partial charge in [0, 0.05) is 38.3 Å². The standard InChI is InChI=1S/C17H33N3O2/c1-17(2,3)22-16(21)20-11-9-14(13-20)18-10-12-19(4)15-7-5-6-8-15/h14-15,18H,5-13H2,1-4H3. The molecule has 5 heteroatoms. The van der Waals surface area contributed by atoms with Crippen molar-refractivity contribution in [1.82, 2.24) is 15.1 Å². The Morgan fingerprint density at radius 2 is 1.95 bits per heavy atom. The Labute approximate surface area is 135 Å². The first kappa shape index (κ1) is 17.5. The molecule has 0 bridgehead atoms. The van der Waals surface area contributed by atoms with E-state index in [0.717, 1.165) is 38.6 Å². The molecule has 128 valence electrons. The SMILES string of the molecule is CN(CCNC1CCN(C(=O)OC(C)(C)C)C1)C1CCCC1. The first-order valence-electron chi connectivity index (χ1n) is 8.77. The van der Waals surface area contributed by atoms with Crippen LogP contribution in [0.2, 0.25) is 0 Å². The lowest BCUT2D eigenvalue weighted by Crippen LogP contribution is -2.41. The zero-order valence-electron chi connectivity index (χ0n) is 14.7. The highest BCUT2D eigenvalue weighted by Crippen LogP contribution is 2.22. The van der Waals surface area contributed by atoms with Crippen LogP contribution in [0.25, 0.3) is 0 Å². The Bertz CT molecular complexity index is 361. The zero-order chi connectivity index (χ0) is 16.2. The fourth-order valence-corrected chi connectivity index (χ4v) is 3.39. The number of hydrogen-bond donors (Lipinski definition) is 1. The van der Waals surface area contributed by atoms with Crippen LogP contribution in [0.3, 0.4) is 0 Å². The molecule has 0 aromatic rings. The fourth-order valence-electron chi connectivity index (χ4n) is 3.39. The van der Waals surface area contributed by atoms with E-state index in [-0.39, 0.29) is 6.09 Å². The molecule has 1 amide bonds. The van der Waals surface area contributed by atoms with Gasteiger partial charge in [-0.3, -0.25) is 0 Å². The smallest absolute Gasteiger partial charge is 0.410 e. The fraction of sp³-hybridized carbons (Fsp3) is 0.941. The van der Waals surface area contributed by atoms with Crippen LogP contribution in [0.15, 0.2) is 0 Å². The summed E-state index contributed by atoms with van der Waals surface area (Å²) in [7, 11) is 2.24. The molecule has 1 aliphatic heterocycles. The van der Waals surface area contributed by atoms with Crippen LogP contribution in [-0.2, 0) is 4.74 Å². The second kappa shape index (κ2) is 7.64. The van der Waals surface area contributed by atoms with Crippen molar-refractivity contribution < 1.29 is 9.53 Å². The minimum absolute atomic E-state index is 0.181. The van der Waals surface area contributed by atoms with Crippen LogP contribution >= 0.6 is 0 Å². The highest BCUT2D eigenvalue weighted by atomic mass is 16.6. The van der Waals surface area contributed by atoms with Crippen molar-refractivity contribution in [2.45, 2.75) is 70.6 Å². The highest BCUT2D eigenvalue weighted by Gasteiger charge is 2.29. The Balaban J connectivity index is 1.63. The molecule has 1 heterocycles. The summed E-state index contributed by atoms with van der Waals surface area (Å²) in [6.45, 7) is 9.39. The summed E-state index contributed by atoms with van der Waals surface area (Å²) in [4.78, 5) is 16.3. The molecule has 0 radical (unpaired) electrons. The maximum Gasteiger partial charge on any atom is 0.410 e. The monoisotopic (exact) mass is 311 g/mol. The van der Waals surface area contributed by atoms with Gasteiger partial charge < -0.3 is 19.9 Å². The Morgan fingerprint density at radius 1 is 1.27 bits per heavy atom. The molecule has 1 unspecified atom stereocenters. The Kier molecular flexibility index (Phi) is 6.09. The molecule has 0 spiro atoms.